The van der Waals surface area contributed by atoms with E-state index in [-0.39, 0.29) is 6.42 Å². The predicted molar refractivity (Wildman–Crippen MR) is 50.6 cm³/mol. The Balaban J connectivity index is 4.55. The van der Waals surface area contributed by atoms with Gasteiger partial charge in [0.15, 0.2) is 5.78 Å². The third-order valence-electron chi connectivity index (χ3n) is 1.99. The SMILES string of the molecule is C=CCCC(=O)C(C)(C)P(=O)(O)O. The number of hydrogen-bond donors (Lipinski definition) is 2. The zero-order valence-electron chi connectivity index (χ0n) is 7.86. The van der Waals surface area contributed by atoms with Gasteiger partial charge in [0.2, 0.25) is 0 Å². The molecular formula is C8H15O4P. The number of hydrogen-bond acceptors (Lipinski definition) is 2. The zero-order valence-corrected chi connectivity index (χ0v) is 8.75. The Labute approximate surface area is 77.8 Å². The molecule has 0 saturated carbocycles. The summed E-state index contributed by atoms with van der Waals surface area (Å²) < 4.78 is 10.9. The van der Waals surface area contributed by atoms with Crippen molar-refractivity contribution in [2.45, 2.75) is 31.8 Å². The molecule has 0 aromatic carbocycles. The lowest BCUT2D eigenvalue weighted by Crippen LogP contribution is -2.31. The minimum atomic E-state index is -4.35. The molecule has 13 heavy (non-hydrogen) atoms. The molecule has 4 nitrogen and oxygen atoms in total. The molecule has 0 rings (SSSR count). The molecule has 76 valence electrons. The molecule has 0 aliphatic carbocycles. The quantitative estimate of drug-likeness (QED) is 0.527. The van der Waals surface area contributed by atoms with Gasteiger partial charge in [-0.3, -0.25) is 9.36 Å². The average Bonchev–Trinajstić information content (AvgIpc) is 1.97. The van der Waals surface area contributed by atoms with Crippen molar-refractivity contribution >= 4 is 13.4 Å². The summed E-state index contributed by atoms with van der Waals surface area (Å²) in [4.78, 5) is 29.1. The van der Waals surface area contributed by atoms with Crippen molar-refractivity contribution in [2.24, 2.45) is 0 Å². The fraction of sp³-hybridized carbons (Fsp3) is 0.625. The van der Waals surface area contributed by atoms with Gasteiger partial charge in [-0.15, -0.1) is 6.58 Å². The molecule has 0 fully saturated rings. The smallest absolute Gasteiger partial charge is 0.324 e. The Bertz CT molecular complexity index is 251. The van der Waals surface area contributed by atoms with Crippen molar-refractivity contribution in [3.8, 4) is 0 Å². The second-order valence-corrected chi connectivity index (χ2v) is 5.56. The third-order valence-corrected chi connectivity index (χ3v) is 3.69. The van der Waals surface area contributed by atoms with E-state index in [1.165, 1.54) is 13.8 Å². The van der Waals surface area contributed by atoms with Gasteiger partial charge < -0.3 is 9.79 Å². The number of carbonyl (C=O) groups excluding carboxylic acids is 1. The first-order valence-electron chi connectivity index (χ1n) is 3.93. The first-order chi connectivity index (χ1) is 5.73. The minimum absolute atomic E-state index is 0.127. The first-order valence-corrected chi connectivity index (χ1v) is 5.54. The van der Waals surface area contributed by atoms with Crippen molar-refractivity contribution in [1.29, 1.82) is 0 Å². The van der Waals surface area contributed by atoms with Crippen molar-refractivity contribution in [3.05, 3.63) is 12.7 Å². The van der Waals surface area contributed by atoms with E-state index in [2.05, 4.69) is 6.58 Å². The Hall–Kier alpha value is -0.440. The van der Waals surface area contributed by atoms with Gasteiger partial charge in [0.05, 0.1) is 0 Å². The van der Waals surface area contributed by atoms with E-state index in [9.17, 15) is 9.36 Å². The summed E-state index contributed by atoms with van der Waals surface area (Å²) >= 11 is 0. The highest BCUT2D eigenvalue weighted by atomic mass is 31.2. The van der Waals surface area contributed by atoms with Gasteiger partial charge in [0.1, 0.15) is 5.16 Å². The molecule has 0 aromatic rings. The van der Waals surface area contributed by atoms with Gasteiger partial charge in [-0.25, -0.2) is 0 Å². The number of allylic oxidation sites excluding steroid dienone is 1. The Kier molecular flexibility index (Phi) is 4.04. The van der Waals surface area contributed by atoms with Crippen LogP contribution in [-0.4, -0.2) is 20.7 Å². The summed E-state index contributed by atoms with van der Waals surface area (Å²) in [6.45, 7) is 5.96. The van der Waals surface area contributed by atoms with Crippen LogP contribution in [0.3, 0.4) is 0 Å². The highest BCUT2D eigenvalue weighted by molar-refractivity contribution is 7.54. The topological polar surface area (TPSA) is 74.6 Å². The fourth-order valence-electron chi connectivity index (χ4n) is 0.702. The maximum absolute atomic E-state index is 11.3. The van der Waals surface area contributed by atoms with E-state index in [1.807, 2.05) is 0 Å². The molecule has 0 radical (unpaired) electrons. The average molecular weight is 206 g/mol. The number of Topliss-reactive ketones (excluding diaryl/α,β-unsaturated/α-hetero) is 1. The molecule has 0 atom stereocenters. The first kappa shape index (κ1) is 12.6. The second-order valence-electron chi connectivity index (χ2n) is 3.35. The summed E-state index contributed by atoms with van der Waals surface area (Å²) in [5, 5.41) is -1.57. The highest BCUT2D eigenvalue weighted by Gasteiger charge is 2.43. The standard InChI is InChI=1S/C8H15O4P/c1-4-5-6-7(9)8(2,3)13(10,11)12/h4H,1,5-6H2,2-3H3,(H2,10,11,12). The van der Waals surface area contributed by atoms with Crippen molar-refractivity contribution in [3.63, 3.8) is 0 Å². The van der Waals surface area contributed by atoms with Gasteiger partial charge >= 0.3 is 7.60 Å². The zero-order chi connectivity index (χ0) is 10.7. The lowest BCUT2D eigenvalue weighted by molar-refractivity contribution is -0.121. The predicted octanol–water partition coefficient (Wildman–Crippen LogP) is 1.48. The molecule has 0 amide bonds. The summed E-state index contributed by atoms with van der Waals surface area (Å²) in [7, 11) is -4.35. The highest BCUT2D eigenvalue weighted by Crippen LogP contribution is 2.50. The van der Waals surface area contributed by atoms with Gasteiger partial charge in [0, 0.05) is 6.42 Å². The van der Waals surface area contributed by atoms with Crippen LogP contribution in [0.25, 0.3) is 0 Å². The molecule has 0 saturated heterocycles. The number of rotatable bonds is 5. The van der Waals surface area contributed by atoms with Crippen LogP contribution in [0, 0.1) is 0 Å². The summed E-state index contributed by atoms with van der Waals surface area (Å²) in [5.41, 5.74) is 0. The second kappa shape index (κ2) is 4.18. The van der Waals surface area contributed by atoms with Crippen molar-refractivity contribution in [1.82, 2.24) is 0 Å². The summed E-state index contributed by atoms with van der Waals surface area (Å²) in [6, 6.07) is 0. The van der Waals surface area contributed by atoms with Gasteiger partial charge in [-0.05, 0) is 20.3 Å². The Morgan fingerprint density at radius 2 is 2.00 bits per heavy atom. The van der Waals surface area contributed by atoms with Crippen LogP contribution < -0.4 is 0 Å². The number of ketones is 1. The Morgan fingerprint density at radius 1 is 1.54 bits per heavy atom. The summed E-state index contributed by atoms with van der Waals surface area (Å²) in [6.07, 6.45) is 2.12. The third kappa shape index (κ3) is 3.07. The largest absolute Gasteiger partial charge is 0.338 e. The van der Waals surface area contributed by atoms with E-state index in [1.54, 1.807) is 6.08 Å². The molecular weight excluding hydrogens is 191 g/mol. The van der Waals surface area contributed by atoms with E-state index in [4.69, 9.17) is 9.79 Å². The maximum Gasteiger partial charge on any atom is 0.338 e. The van der Waals surface area contributed by atoms with Gasteiger partial charge in [0.25, 0.3) is 0 Å². The van der Waals surface area contributed by atoms with Gasteiger partial charge in [-0.2, -0.15) is 0 Å². The molecule has 2 N–H and O–H groups in total. The van der Waals surface area contributed by atoms with E-state index < -0.39 is 18.5 Å². The van der Waals surface area contributed by atoms with Crippen LogP contribution in [-0.2, 0) is 9.36 Å². The van der Waals surface area contributed by atoms with Crippen LogP contribution in [0.5, 0.6) is 0 Å². The molecule has 0 bridgehead atoms. The van der Waals surface area contributed by atoms with E-state index in [0.717, 1.165) is 0 Å². The fourth-order valence-corrected chi connectivity index (χ4v) is 1.14. The van der Waals surface area contributed by atoms with Crippen LogP contribution in [0.2, 0.25) is 0 Å². The molecule has 0 spiro atoms. The Morgan fingerprint density at radius 3 is 2.31 bits per heavy atom. The number of carbonyl (C=O) groups is 1. The monoisotopic (exact) mass is 206 g/mol. The van der Waals surface area contributed by atoms with Crippen molar-refractivity contribution < 1.29 is 19.1 Å². The van der Waals surface area contributed by atoms with E-state index in [0.29, 0.717) is 6.42 Å². The van der Waals surface area contributed by atoms with Gasteiger partial charge in [-0.1, -0.05) is 6.08 Å². The molecule has 0 aliphatic heterocycles. The molecule has 0 heterocycles. The molecule has 0 unspecified atom stereocenters. The lowest BCUT2D eigenvalue weighted by atomic mass is 10.0. The normalized spacial score (nSPS) is 12.6. The van der Waals surface area contributed by atoms with Crippen LogP contribution >= 0.6 is 7.60 Å². The maximum atomic E-state index is 11.3. The lowest BCUT2D eigenvalue weighted by Gasteiger charge is -2.23. The minimum Gasteiger partial charge on any atom is -0.324 e. The van der Waals surface area contributed by atoms with Crippen LogP contribution in [0.4, 0.5) is 0 Å². The molecule has 0 aromatic heterocycles. The van der Waals surface area contributed by atoms with Crippen molar-refractivity contribution in [2.75, 3.05) is 0 Å². The molecule has 5 heteroatoms. The van der Waals surface area contributed by atoms with E-state index >= 15 is 0 Å². The van der Waals surface area contributed by atoms with Crippen LogP contribution in [0.1, 0.15) is 26.7 Å². The van der Waals surface area contributed by atoms with Crippen LogP contribution in [0.15, 0.2) is 12.7 Å². The molecule has 0 aliphatic rings. The summed E-state index contributed by atoms with van der Waals surface area (Å²) in [5.74, 6) is -0.430.